The van der Waals surface area contributed by atoms with E-state index in [1.165, 1.54) is 0 Å². The van der Waals surface area contributed by atoms with E-state index in [4.69, 9.17) is 25.8 Å². The average Bonchev–Trinajstić information content (AvgIpc) is 2.72. The SMILES string of the molecule is CCOc1cc(N2CCOCC2)c(OCC)cc1NC(=O)Cc1ccc(Cl)cc1. The Morgan fingerprint density at radius 3 is 2.38 bits per heavy atom. The van der Waals surface area contributed by atoms with Crippen molar-refractivity contribution in [2.75, 3.05) is 49.7 Å². The van der Waals surface area contributed by atoms with Gasteiger partial charge in [-0.25, -0.2) is 0 Å². The van der Waals surface area contributed by atoms with Crippen LogP contribution in [0, 0.1) is 0 Å². The topological polar surface area (TPSA) is 60.0 Å². The van der Waals surface area contributed by atoms with Gasteiger partial charge in [-0.3, -0.25) is 4.79 Å². The summed E-state index contributed by atoms with van der Waals surface area (Å²) in [5.74, 6) is 1.22. The molecule has 3 rings (SSSR count). The molecule has 1 amide bonds. The predicted octanol–water partition coefficient (Wildman–Crippen LogP) is 4.16. The van der Waals surface area contributed by atoms with Crippen molar-refractivity contribution in [3.05, 3.63) is 47.0 Å². The summed E-state index contributed by atoms with van der Waals surface area (Å²) < 4.78 is 17.2. The van der Waals surface area contributed by atoms with Gasteiger partial charge in [0.15, 0.2) is 0 Å². The molecule has 2 aromatic rings. The van der Waals surface area contributed by atoms with Crippen LogP contribution in [0.25, 0.3) is 0 Å². The summed E-state index contributed by atoms with van der Waals surface area (Å²) in [6, 6.07) is 11.0. The van der Waals surface area contributed by atoms with Gasteiger partial charge in [0.2, 0.25) is 5.91 Å². The van der Waals surface area contributed by atoms with Crippen LogP contribution in [0.15, 0.2) is 36.4 Å². The Balaban J connectivity index is 1.84. The van der Waals surface area contributed by atoms with Gasteiger partial charge in [0.25, 0.3) is 0 Å². The van der Waals surface area contributed by atoms with Crippen molar-refractivity contribution in [2.24, 2.45) is 0 Å². The van der Waals surface area contributed by atoms with Gasteiger partial charge in [-0.1, -0.05) is 23.7 Å². The smallest absolute Gasteiger partial charge is 0.228 e. The van der Waals surface area contributed by atoms with E-state index in [-0.39, 0.29) is 12.3 Å². The first kappa shape index (κ1) is 21.3. The zero-order valence-electron chi connectivity index (χ0n) is 16.9. The van der Waals surface area contributed by atoms with Crippen molar-refractivity contribution in [2.45, 2.75) is 20.3 Å². The molecule has 29 heavy (non-hydrogen) atoms. The average molecular weight is 419 g/mol. The van der Waals surface area contributed by atoms with Gasteiger partial charge in [-0.2, -0.15) is 0 Å². The third-order valence-electron chi connectivity index (χ3n) is 4.56. The van der Waals surface area contributed by atoms with Gasteiger partial charge in [-0.05, 0) is 31.5 Å². The number of nitrogens with one attached hydrogen (secondary N) is 1. The summed E-state index contributed by atoms with van der Waals surface area (Å²) in [6.07, 6.45) is 0.248. The number of carbonyl (C=O) groups excluding carboxylic acids is 1. The number of amides is 1. The van der Waals surface area contributed by atoms with E-state index in [9.17, 15) is 4.79 Å². The van der Waals surface area contributed by atoms with E-state index >= 15 is 0 Å². The highest BCUT2D eigenvalue weighted by Gasteiger charge is 2.20. The lowest BCUT2D eigenvalue weighted by Crippen LogP contribution is -2.36. The van der Waals surface area contributed by atoms with Crippen LogP contribution in [0.5, 0.6) is 11.5 Å². The number of benzene rings is 2. The fraction of sp³-hybridized carbons (Fsp3) is 0.409. The number of rotatable bonds is 8. The summed E-state index contributed by atoms with van der Waals surface area (Å²) in [7, 11) is 0. The molecule has 1 saturated heterocycles. The first-order valence-corrected chi connectivity index (χ1v) is 10.3. The Morgan fingerprint density at radius 2 is 1.72 bits per heavy atom. The summed E-state index contributed by atoms with van der Waals surface area (Å²) in [6.45, 7) is 7.81. The molecule has 0 bridgehead atoms. The molecule has 1 fully saturated rings. The highest BCUT2D eigenvalue weighted by atomic mass is 35.5. The third-order valence-corrected chi connectivity index (χ3v) is 4.82. The van der Waals surface area contributed by atoms with E-state index in [2.05, 4.69) is 10.2 Å². The van der Waals surface area contributed by atoms with E-state index in [1.54, 1.807) is 12.1 Å². The van der Waals surface area contributed by atoms with Gasteiger partial charge in [0.1, 0.15) is 11.5 Å². The number of carbonyl (C=O) groups is 1. The van der Waals surface area contributed by atoms with Gasteiger partial charge in [-0.15, -0.1) is 0 Å². The molecule has 156 valence electrons. The Bertz CT molecular complexity index is 820. The molecule has 0 radical (unpaired) electrons. The second-order valence-corrected chi connectivity index (χ2v) is 7.07. The van der Waals surface area contributed by atoms with Crippen LogP contribution in [0.3, 0.4) is 0 Å². The number of nitrogens with zero attached hydrogens (tertiary/aromatic N) is 1. The molecule has 7 heteroatoms. The zero-order valence-corrected chi connectivity index (χ0v) is 17.6. The first-order valence-electron chi connectivity index (χ1n) is 9.91. The van der Waals surface area contributed by atoms with Crippen LogP contribution < -0.4 is 19.7 Å². The van der Waals surface area contributed by atoms with Gasteiger partial charge in [0.05, 0.1) is 44.2 Å². The molecule has 1 heterocycles. The minimum Gasteiger partial charge on any atom is -0.492 e. The molecule has 0 unspecified atom stereocenters. The lowest BCUT2D eigenvalue weighted by Gasteiger charge is -2.31. The zero-order chi connectivity index (χ0) is 20.6. The highest BCUT2D eigenvalue weighted by Crippen LogP contribution is 2.39. The van der Waals surface area contributed by atoms with Crippen molar-refractivity contribution in [1.82, 2.24) is 0 Å². The summed E-state index contributed by atoms with van der Waals surface area (Å²) >= 11 is 5.92. The minimum absolute atomic E-state index is 0.130. The maximum atomic E-state index is 12.6. The Labute approximate surface area is 176 Å². The third kappa shape index (κ3) is 5.78. The van der Waals surface area contributed by atoms with Crippen molar-refractivity contribution >= 4 is 28.9 Å². The van der Waals surface area contributed by atoms with Gasteiger partial charge in [0, 0.05) is 30.2 Å². The Morgan fingerprint density at radius 1 is 1.07 bits per heavy atom. The molecule has 0 saturated carbocycles. The lowest BCUT2D eigenvalue weighted by atomic mass is 10.1. The normalized spacial score (nSPS) is 13.8. The van der Waals surface area contributed by atoms with Crippen molar-refractivity contribution < 1.29 is 19.0 Å². The van der Waals surface area contributed by atoms with E-state index in [0.717, 1.165) is 30.1 Å². The molecule has 6 nitrogen and oxygen atoms in total. The van der Waals surface area contributed by atoms with E-state index in [1.807, 2.05) is 38.1 Å². The quantitative estimate of drug-likeness (QED) is 0.697. The Kier molecular flexibility index (Phi) is 7.61. The molecule has 1 aliphatic rings. The molecular weight excluding hydrogens is 392 g/mol. The predicted molar refractivity (Wildman–Crippen MR) is 116 cm³/mol. The monoisotopic (exact) mass is 418 g/mol. The molecule has 0 aliphatic carbocycles. The van der Waals surface area contributed by atoms with Crippen molar-refractivity contribution in [1.29, 1.82) is 0 Å². The minimum atomic E-state index is -0.130. The molecule has 2 aromatic carbocycles. The molecule has 0 aromatic heterocycles. The standard InChI is InChI=1S/C22H27ClN2O4/c1-3-28-20-15-19(25-9-11-27-12-10-25)21(29-4-2)14-18(20)24-22(26)13-16-5-7-17(23)8-6-16/h5-8,14-15H,3-4,9-13H2,1-2H3,(H,24,26). The number of hydrogen-bond donors (Lipinski definition) is 1. The fourth-order valence-corrected chi connectivity index (χ4v) is 3.35. The number of morpholine rings is 1. The van der Waals surface area contributed by atoms with Crippen LogP contribution in [-0.4, -0.2) is 45.4 Å². The first-order chi connectivity index (χ1) is 14.1. The molecular formula is C22H27ClN2O4. The van der Waals surface area contributed by atoms with Crippen molar-refractivity contribution in [3.63, 3.8) is 0 Å². The maximum Gasteiger partial charge on any atom is 0.228 e. The van der Waals surface area contributed by atoms with E-state index < -0.39 is 0 Å². The second-order valence-electron chi connectivity index (χ2n) is 6.63. The summed E-state index contributed by atoms with van der Waals surface area (Å²) in [5, 5.41) is 3.61. The van der Waals surface area contributed by atoms with Crippen LogP contribution in [0.4, 0.5) is 11.4 Å². The second kappa shape index (κ2) is 10.4. The fourth-order valence-electron chi connectivity index (χ4n) is 3.23. The number of halogens is 1. The highest BCUT2D eigenvalue weighted by molar-refractivity contribution is 6.30. The van der Waals surface area contributed by atoms with Gasteiger partial charge < -0.3 is 24.4 Å². The van der Waals surface area contributed by atoms with Crippen LogP contribution in [0.2, 0.25) is 5.02 Å². The molecule has 0 spiro atoms. The van der Waals surface area contributed by atoms with Gasteiger partial charge >= 0.3 is 0 Å². The Hall–Kier alpha value is -2.44. The maximum absolute atomic E-state index is 12.6. The van der Waals surface area contributed by atoms with E-state index in [0.29, 0.717) is 42.9 Å². The lowest BCUT2D eigenvalue weighted by molar-refractivity contribution is -0.115. The summed E-state index contributed by atoms with van der Waals surface area (Å²) in [5.41, 5.74) is 2.44. The molecule has 1 aliphatic heterocycles. The largest absolute Gasteiger partial charge is 0.492 e. The van der Waals surface area contributed by atoms with Crippen LogP contribution >= 0.6 is 11.6 Å². The number of hydrogen-bond acceptors (Lipinski definition) is 5. The molecule has 1 N–H and O–H groups in total. The number of ether oxygens (including phenoxy) is 3. The van der Waals surface area contributed by atoms with Crippen LogP contribution in [0.1, 0.15) is 19.4 Å². The number of anilines is 2. The van der Waals surface area contributed by atoms with Crippen molar-refractivity contribution in [3.8, 4) is 11.5 Å². The van der Waals surface area contributed by atoms with Crippen LogP contribution in [-0.2, 0) is 16.0 Å². The summed E-state index contributed by atoms with van der Waals surface area (Å²) in [4.78, 5) is 14.8. The molecule has 0 atom stereocenters.